The molecule has 1 unspecified atom stereocenters. The number of carbonyl (C=O) groups is 3. The van der Waals surface area contributed by atoms with E-state index in [4.69, 9.17) is 0 Å². The molecule has 1 heterocycles. The van der Waals surface area contributed by atoms with Gasteiger partial charge < -0.3 is 15.1 Å². The Kier molecular flexibility index (Phi) is 6.09. The Hall–Kier alpha value is -3.15. The van der Waals surface area contributed by atoms with Gasteiger partial charge in [0.25, 0.3) is 0 Å². The first kappa shape index (κ1) is 19.6. The first-order chi connectivity index (χ1) is 13.5. The Labute approximate surface area is 165 Å². The maximum atomic E-state index is 12.7. The zero-order chi connectivity index (χ0) is 20.1. The monoisotopic (exact) mass is 379 g/mol. The third-order valence-corrected chi connectivity index (χ3v) is 4.95. The Morgan fingerprint density at radius 3 is 2.43 bits per heavy atom. The molecule has 1 fully saturated rings. The van der Waals surface area contributed by atoms with E-state index in [1.165, 1.54) is 10.5 Å². The summed E-state index contributed by atoms with van der Waals surface area (Å²) in [5.74, 6) is -0.958. The van der Waals surface area contributed by atoms with Gasteiger partial charge >= 0.3 is 0 Å². The summed E-state index contributed by atoms with van der Waals surface area (Å²) in [6.07, 6.45) is 1.10. The van der Waals surface area contributed by atoms with Crippen LogP contribution in [0.25, 0.3) is 0 Å². The third-order valence-electron chi connectivity index (χ3n) is 4.95. The number of amides is 3. The van der Waals surface area contributed by atoms with E-state index < -0.39 is 5.92 Å². The predicted octanol–water partition coefficient (Wildman–Crippen LogP) is 2.70. The number of nitrogens with zero attached hydrogens (tertiary/aromatic N) is 2. The second-order valence-electron chi connectivity index (χ2n) is 7.03. The van der Waals surface area contributed by atoms with Crippen LogP contribution in [0.4, 0.5) is 11.4 Å². The summed E-state index contributed by atoms with van der Waals surface area (Å²) in [5, 5.41) is 2.76. The molecule has 0 aliphatic carbocycles. The molecule has 1 N–H and O–H groups in total. The van der Waals surface area contributed by atoms with Crippen LogP contribution in [0.1, 0.15) is 18.9 Å². The first-order valence-electron chi connectivity index (χ1n) is 9.47. The highest BCUT2D eigenvalue weighted by atomic mass is 16.2. The molecule has 0 spiro atoms. The Bertz CT molecular complexity index is 849. The molecule has 0 bridgehead atoms. The fourth-order valence-corrected chi connectivity index (χ4v) is 3.36. The summed E-state index contributed by atoms with van der Waals surface area (Å²) in [6.45, 7) is 2.37. The zero-order valence-corrected chi connectivity index (χ0v) is 16.2. The number of para-hydroxylation sites is 1. The van der Waals surface area contributed by atoms with Gasteiger partial charge in [-0.1, -0.05) is 37.3 Å². The highest BCUT2D eigenvalue weighted by Gasteiger charge is 2.36. The van der Waals surface area contributed by atoms with Gasteiger partial charge in [0.05, 0.1) is 12.5 Å². The van der Waals surface area contributed by atoms with E-state index in [2.05, 4.69) is 12.2 Å². The summed E-state index contributed by atoms with van der Waals surface area (Å²) in [4.78, 5) is 40.3. The van der Waals surface area contributed by atoms with Gasteiger partial charge in [0, 0.05) is 31.4 Å². The number of nitrogens with one attached hydrogen (secondary N) is 1. The SMILES string of the molecule is CCc1ccc(N2CC(C(=O)N(C)CC(=O)Nc3ccccc3)CC2=O)cc1. The molecule has 3 amide bonds. The molecule has 1 aliphatic rings. The van der Waals surface area contributed by atoms with Crippen molar-refractivity contribution in [3.05, 3.63) is 60.2 Å². The second-order valence-corrected chi connectivity index (χ2v) is 7.03. The number of rotatable bonds is 6. The van der Waals surface area contributed by atoms with Crippen molar-refractivity contribution in [1.82, 2.24) is 4.90 Å². The van der Waals surface area contributed by atoms with Gasteiger partial charge in [-0.05, 0) is 36.2 Å². The minimum Gasteiger partial charge on any atom is -0.336 e. The van der Waals surface area contributed by atoms with Crippen molar-refractivity contribution in [2.45, 2.75) is 19.8 Å². The van der Waals surface area contributed by atoms with Gasteiger partial charge in [0.2, 0.25) is 17.7 Å². The van der Waals surface area contributed by atoms with E-state index in [1.807, 2.05) is 42.5 Å². The molecule has 0 saturated carbocycles. The number of likely N-dealkylation sites (N-methyl/N-ethyl adjacent to an activating group) is 1. The van der Waals surface area contributed by atoms with E-state index in [-0.39, 0.29) is 30.7 Å². The summed E-state index contributed by atoms with van der Waals surface area (Å²) in [7, 11) is 1.59. The van der Waals surface area contributed by atoms with Gasteiger partial charge in [-0.25, -0.2) is 0 Å². The number of anilines is 2. The maximum Gasteiger partial charge on any atom is 0.243 e. The van der Waals surface area contributed by atoms with Crippen molar-refractivity contribution in [2.24, 2.45) is 5.92 Å². The molecular formula is C22H25N3O3. The van der Waals surface area contributed by atoms with Gasteiger partial charge in [-0.2, -0.15) is 0 Å². The lowest BCUT2D eigenvalue weighted by Crippen LogP contribution is -2.39. The highest BCUT2D eigenvalue weighted by molar-refractivity contribution is 6.01. The average Bonchev–Trinajstić information content (AvgIpc) is 3.09. The molecular weight excluding hydrogens is 354 g/mol. The average molecular weight is 379 g/mol. The number of hydrogen-bond acceptors (Lipinski definition) is 3. The van der Waals surface area contributed by atoms with E-state index in [0.29, 0.717) is 12.2 Å². The lowest BCUT2D eigenvalue weighted by Gasteiger charge is -2.21. The molecule has 2 aromatic rings. The number of hydrogen-bond donors (Lipinski definition) is 1. The Morgan fingerprint density at radius 1 is 1.11 bits per heavy atom. The van der Waals surface area contributed by atoms with Crippen molar-refractivity contribution < 1.29 is 14.4 Å². The summed E-state index contributed by atoms with van der Waals surface area (Å²) in [5.41, 5.74) is 2.69. The van der Waals surface area contributed by atoms with Crippen LogP contribution < -0.4 is 10.2 Å². The molecule has 2 aromatic carbocycles. The van der Waals surface area contributed by atoms with E-state index in [0.717, 1.165) is 12.1 Å². The van der Waals surface area contributed by atoms with Crippen LogP contribution in [0.15, 0.2) is 54.6 Å². The van der Waals surface area contributed by atoms with Crippen LogP contribution in [-0.2, 0) is 20.8 Å². The Balaban J connectivity index is 1.57. The van der Waals surface area contributed by atoms with Crippen molar-refractivity contribution >= 4 is 29.1 Å². The number of benzene rings is 2. The minimum atomic E-state index is -0.437. The van der Waals surface area contributed by atoms with E-state index >= 15 is 0 Å². The van der Waals surface area contributed by atoms with Gasteiger partial charge in [0.15, 0.2) is 0 Å². The first-order valence-corrected chi connectivity index (χ1v) is 9.47. The minimum absolute atomic E-state index is 0.0520. The lowest BCUT2D eigenvalue weighted by atomic mass is 10.1. The van der Waals surface area contributed by atoms with Crippen LogP contribution in [0.5, 0.6) is 0 Å². The smallest absolute Gasteiger partial charge is 0.243 e. The fraction of sp³-hybridized carbons (Fsp3) is 0.318. The highest BCUT2D eigenvalue weighted by Crippen LogP contribution is 2.26. The van der Waals surface area contributed by atoms with Crippen molar-refractivity contribution in [2.75, 3.05) is 30.4 Å². The van der Waals surface area contributed by atoms with Crippen LogP contribution in [0, 0.1) is 5.92 Å². The molecule has 146 valence electrons. The fourth-order valence-electron chi connectivity index (χ4n) is 3.36. The van der Waals surface area contributed by atoms with Crippen LogP contribution in [-0.4, -0.2) is 42.8 Å². The van der Waals surface area contributed by atoms with Crippen LogP contribution in [0.3, 0.4) is 0 Å². The molecule has 28 heavy (non-hydrogen) atoms. The van der Waals surface area contributed by atoms with Crippen LogP contribution >= 0.6 is 0 Å². The third kappa shape index (κ3) is 4.57. The van der Waals surface area contributed by atoms with Gasteiger partial charge in [0.1, 0.15) is 0 Å². The van der Waals surface area contributed by atoms with E-state index in [1.54, 1.807) is 24.1 Å². The number of carbonyl (C=O) groups excluding carboxylic acids is 3. The predicted molar refractivity (Wildman–Crippen MR) is 109 cm³/mol. The van der Waals surface area contributed by atoms with Crippen molar-refractivity contribution in [3.8, 4) is 0 Å². The molecule has 1 saturated heterocycles. The van der Waals surface area contributed by atoms with Crippen molar-refractivity contribution in [1.29, 1.82) is 0 Å². The summed E-state index contributed by atoms with van der Waals surface area (Å²) in [6, 6.07) is 16.9. The Morgan fingerprint density at radius 2 is 1.79 bits per heavy atom. The van der Waals surface area contributed by atoms with Gasteiger partial charge in [-0.15, -0.1) is 0 Å². The maximum absolute atomic E-state index is 12.7. The summed E-state index contributed by atoms with van der Waals surface area (Å²) < 4.78 is 0. The second kappa shape index (κ2) is 8.69. The standard InChI is InChI=1S/C22H25N3O3/c1-3-16-9-11-19(12-10-16)25-14-17(13-21(25)27)22(28)24(2)15-20(26)23-18-7-5-4-6-8-18/h4-12,17H,3,13-15H2,1-2H3,(H,23,26). The zero-order valence-electron chi connectivity index (χ0n) is 16.2. The summed E-state index contributed by atoms with van der Waals surface area (Å²) >= 11 is 0. The van der Waals surface area contributed by atoms with E-state index in [9.17, 15) is 14.4 Å². The molecule has 1 atom stereocenters. The molecule has 6 nitrogen and oxygen atoms in total. The quantitative estimate of drug-likeness (QED) is 0.839. The molecule has 0 radical (unpaired) electrons. The molecule has 0 aromatic heterocycles. The van der Waals surface area contributed by atoms with Crippen LogP contribution in [0.2, 0.25) is 0 Å². The van der Waals surface area contributed by atoms with Crippen molar-refractivity contribution in [3.63, 3.8) is 0 Å². The van der Waals surface area contributed by atoms with Gasteiger partial charge in [-0.3, -0.25) is 14.4 Å². The topological polar surface area (TPSA) is 69.7 Å². The number of aryl methyl sites for hydroxylation is 1. The molecule has 1 aliphatic heterocycles. The lowest BCUT2D eigenvalue weighted by molar-refractivity contribution is -0.137. The molecule has 3 rings (SSSR count). The molecule has 6 heteroatoms. The normalized spacial score (nSPS) is 16.1. The largest absolute Gasteiger partial charge is 0.336 e.